The molecule has 0 heterocycles. The van der Waals surface area contributed by atoms with E-state index in [4.69, 9.17) is 0 Å². The maximum Gasteiger partial charge on any atom is 0.365 e. The van der Waals surface area contributed by atoms with Crippen LogP contribution >= 0.6 is 0 Å². The standard InChI is InChI=1S/C9H26N4Si/c1-9(2,3)7-8-13-14(10-4,11-5)12-6/h10-13H,7-8H2,1-6H3. The lowest BCUT2D eigenvalue weighted by atomic mass is 9.93. The molecule has 0 aliphatic carbocycles. The monoisotopic (exact) mass is 218 g/mol. The van der Waals surface area contributed by atoms with Crippen molar-refractivity contribution < 1.29 is 0 Å². The molecule has 0 unspecified atom stereocenters. The molecule has 5 heteroatoms. The molecule has 0 aromatic heterocycles. The van der Waals surface area contributed by atoms with Crippen molar-refractivity contribution in [3.63, 3.8) is 0 Å². The average Bonchev–Trinajstić information content (AvgIpc) is 2.11. The molecule has 4 nitrogen and oxygen atoms in total. The predicted molar refractivity (Wildman–Crippen MR) is 65.0 cm³/mol. The average molecular weight is 218 g/mol. The molecule has 0 aliphatic rings. The minimum absolute atomic E-state index is 0.391. The van der Waals surface area contributed by atoms with Crippen molar-refractivity contribution >= 4 is 8.72 Å². The maximum absolute atomic E-state index is 3.54. The van der Waals surface area contributed by atoms with Crippen LogP contribution in [0.5, 0.6) is 0 Å². The molecular formula is C9H26N4Si. The second-order valence-electron chi connectivity index (χ2n) is 4.74. The van der Waals surface area contributed by atoms with E-state index in [1.807, 2.05) is 21.1 Å². The van der Waals surface area contributed by atoms with E-state index in [2.05, 4.69) is 40.7 Å². The van der Waals surface area contributed by atoms with Crippen molar-refractivity contribution in [2.75, 3.05) is 27.7 Å². The number of nitrogens with one attached hydrogen (secondary N) is 4. The summed E-state index contributed by atoms with van der Waals surface area (Å²) in [5, 5.41) is 0. The Morgan fingerprint density at radius 3 is 1.64 bits per heavy atom. The van der Waals surface area contributed by atoms with Crippen LogP contribution in [0, 0.1) is 5.41 Å². The minimum Gasteiger partial charge on any atom is -0.303 e. The lowest BCUT2D eigenvalue weighted by molar-refractivity contribution is 0.376. The van der Waals surface area contributed by atoms with Gasteiger partial charge in [0.15, 0.2) is 0 Å². The highest BCUT2D eigenvalue weighted by atomic mass is 28.4. The summed E-state index contributed by atoms with van der Waals surface area (Å²) in [5.74, 6) is 0. The quantitative estimate of drug-likeness (QED) is 0.478. The molecule has 0 saturated carbocycles. The Labute approximate surface area is 89.6 Å². The zero-order valence-corrected chi connectivity index (χ0v) is 11.4. The third kappa shape index (κ3) is 5.07. The summed E-state index contributed by atoms with van der Waals surface area (Å²) in [5.41, 5.74) is 0.391. The van der Waals surface area contributed by atoms with Crippen LogP contribution in [0.2, 0.25) is 0 Å². The Morgan fingerprint density at radius 2 is 1.36 bits per heavy atom. The molecule has 0 bridgehead atoms. The molecule has 0 spiro atoms. The van der Waals surface area contributed by atoms with Crippen LogP contribution in [-0.2, 0) is 0 Å². The van der Waals surface area contributed by atoms with Crippen LogP contribution in [-0.4, -0.2) is 36.4 Å². The third-order valence-electron chi connectivity index (χ3n) is 2.39. The van der Waals surface area contributed by atoms with Crippen molar-refractivity contribution in [2.24, 2.45) is 5.41 Å². The topological polar surface area (TPSA) is 48.1 Å². The molecule has 0 fully saturated rings. The van der Waals surface area contributed by atoms with E-state index < -0.39 is 8.72 Å². The first-order valence-electron chi connectivity index (χ1n) is 5.21. The maximum atomic E-state index is 3.54. The van der Waals surface area contributed by atoms with Crippen LogP contribution in [0.3, 0.4) is 0 Å². The van der Waals surface area contributed by atoms with E-state index in [1.165, 1.54) is 6.42 Å². The van der Waals surface area contributed by atoms with Crippen molar-refractivity contribution in [1.29, 1.82) is 0 Å². The Balaban J connectivity index is 3.95. The van der Waals surface area contributed by atoms with Gasteiger partial charge in [-0.1, -0.05) is 20.8 Å². The molecule has 0 radical (unpaired) electrons. The van der Waals surface area contributed by atoms with Crippen LogP contribution in [0.4, 0.5) is 0 Å². The molecule has 0 rings (SSSR count). The van der Waals surface area contributed by atoms with Gasteiger partial charge in [0, 0.05) is 0 Å². The lowest BCUT2D eigenvalue weighted by Gasteiger charge is -2.31. The SMILES string of the molecule is CN[Si](NC)(NC)NCCC(C)(C)C. The van der Waals surface area contributed by atoms with Gasteiger partial charge in [-0.2, -0.15) is 0 Å². The number of hydrogen-bond donors (Lipinski definition) is 4. The van der Waals surface area contributed by atoms with Crippen LogP contribution in [0.1, 0.15) is 27.2 Å². The Kier molecular flexibility index (Phi) is 5.85. The fourth-order valence-electron chi connectivity index (χ4n) is 1.27. The van der Waals surface area contributed by atoms with Gasteiger partial charge >= 0.3 is 8.72 Å². The Morgan fingerprint density at radius 1 is 0.929 bits per heavy atom. The van der Waals surface area contributed by atoms with Gasteiger partial charge in [-0.25, -0.2) is 0 Å². The smallest absolute Gasteiger partial charge is 0.303 e. The molecular weight excluding hydrogens is 192 g/mol. The van der Waals surface area contributed by atoms with Gasteiger partial charge < -0.3 is 19.9 Å². The van der Waals surface area contributed by atoms with Gasteiger partial charge in [-0.15, -0.1) is 0 Å². The normalized spacial score (nSPS) is 13.3. The predicted octanol–water partition coefficient (Wildman–Crippen LogP) is 0.106. The van der Waals surface area contributed by atoms with Crippen molar-refractivity contribution in [2.45, 2.75) is 27.2 Å². The fraction of sp³-hybridized carbons (Fsp3) is 1.00. The van der Waals surface area contributed by atoms with E-state index in [9.17, 15) is 0 Å². The molecule has 86 valence electrons. The van der Waals surface area contributed by atoms with E-state index in [-0.39, 0.29) is 0 Å². The third-order valence-corrected chi connectivity index (χ3v) is 5.42. The summed E-state index contributed by atoms with van der Waals surface area (Å²) in [6.45, 7) is 7.81. The molecule has 0 aromatic rings. The van der Waals surface area contributed by atoms with Crippen LogP contribution in [0.15, 0.2) is 0 Å². The van der Waals surface area contributed by atoms with Gasteiger partial charge in [-0.3, -0.25) is 0 Å². The van der Waals surface area contributed by atoms with Crippen LogP contribution in [0.25, 0.3) is 0 Å². The highest BCUT2D eigenvalue weighted by molar-refractivity contribution is 6.69. The summed E-state index contributed by atoms with van der Waals surface area (Å²) < 4.78 is 0. The first-order chi connectivity index (χ1) is 6.39. The molecule has 14 heavy (non-hydrogen) atoms. The molecule has 0 saturated heterocycles. The largest absolute Gasteiger partial charge is 0.365 e. The van der Waals surface area contributed by atoms with Crippen molar-refractivity contribution in [3.05, 3.63) is 0 Å². The second-order valence-corrected chi connectivity index (χ2v) is 8.09. The van der Waals surface area contributed by atoms with Gasteiger partial charge in [-0.05, 0) is 39.5 Å². The molecule has 0 aliphatic heterocycles. The Hall–Kier alpha value is 0.0569. The summed E-state index contributed by atoms with van der Waals surface area (Å²) in [7, 11) is 4.11. The highest BCUT2D eigenvalue weighted by Gasteiger charge is 2.29. The number of hydrogen-bond acceptors (Lipinski definition) is 4. The van der Waals surface area contributed by atoms with Gasteiger partial charge in [0.2, 0.25) is 0 Å². The lowest BCUT2D eigenvalue weighted by Crippen LogP contribution is -2.78. The molecule has 0 amide bonds. The van der Waals surface area contributed by atoms with E-state index >= 15 is 0 Å². The molecule has 0 atom stereocenters. The van der Waals surface area contributed by atoms with E-state index in [0.717, 1.165) is 6.54 Å². The fourth-order valence-corrected chi connectivity index (χ4v) is 3.05. The van der Waals surface area contributed by atoms with Gasteiger partial charge in [0.25, 0.3) is 0 Å². The zero-order valence-electron chi connectivity index (χ0n) is 10.4. The second kappa shape index (κ2) is 5.82. The van der Waals surface area contributed by atoms with Crippen molar-refractivity contribution in [3.8, 4) is 0 Å². The Bertz CT molecular complexity index is 143. The summed E-state index contributed by atoms with van der Waals surface area (Å²) in [6, 6.07) is 0. The summed E-state index contributed by atoms with van der Waals surface area (Å²) >= 11 is 0. The number of rotatable bonds is 6. The van der Waals surface area contributed by atoms with Gasteiger partial charge in [0.1, 0.15) is 0 Å². The van der Waals surface area contributed by atoms with E-state index in [1.54, 1.807) is 0 Å². The minimum atomic E-state index is -1.82. The van der Waals surface area contributed by atoms with Gasteiger partial charge in [0.05, 0.1) is 0 Å². The summed E-state index contributed by atoms with van der Waals surface area (Å²) in [4.78, 5) is 13.5. The first-order valence-corrected chi connectivity index (χ1v) is 7.21. The van der Waals surface area contributed by atoms with Crippen LogP contribution < -0.4 is 19.9 Å². The zero-order chi connectivity index (χ0) is 11.2. The van der Waals surface area contributed by atoms with Crippen molar-refractivity contribution in [1.82, 2.24) is 19.9 Å². The first kappa shape index (κ1) is 14.1. The summed E-state index contributed by atoms with van der Waals surface area (Å²) in [6.07, 6.45) is 1.17. The molecule has 4 N–H and O–H groups in total. The molecule has 0 aromatic carbocycles. The van der Waals surface area contributed by atoms with E-state index in [0.29, 0.717) is 5.41 Å². The highest BCUT2D eigenvalue weighted by Crippen LogP contribution is 2.16.